The average Bonchev–Trinajstić information content (AvgIpc) is 2.83. The summed E-state index contributed by atoms with van der Waals surface area (Å²) in [6.07, 6.45) is 2.42. The molecule has 1 aromatic heterocycles. The third-order valence-electron chi connectivity index (χ3n) is 5.32. The lowest BCUT2D eigenvalue weighted by molar-refractivity contribution is 0.103. The van der Waals surface area contributed by atoms with E-state index < -0.39 is 28.7 Å². The van der Waals surface area contributed by atoms with Crippen LogP contribution >= 0.6 is 11.6 Å². The number of hydrogen-bond donors (Lipinski definition) is 2. The number of fused-ring (bicyclic) bond motifs is 1. The van der Waals surface area contributed by atoms with Crippen LogP contribution in [0.5, 0.6) is 0 Å². The largest absolute Gasteiger partial charge is 0.294 e. The van der Waals surface area contributed by atoms with E-state index in [2.05, 4.69) is 9.71 Å². The molecule has 4 aromatic rings. The molecule has 1 unspecified atom stereocenters. The molecule has 2 N–H and O–H groups in total. The molecule has 0 saturated heterocycles. The van der Waals surface area contributed by atoms with Crippen molar-refractivity contribution in [3.05, 3.63) is 100 Å². The second-order valence-corrected chi connectivity index (χ2v) is 8.88. The van der Waals surface area contributed by atoms with Crippen molar-refractivity contribution in [1.29, 1.82) is 0 Å². The molecule has 5 nitrogen and oxygen atoms in total. The Bertz CT molecular complexity index is 1400. The number of halogens is 3. The molecule has 174 valence electrons. The maximum atomic E-state index is 14.5. The Hall–Kier alpha value is -3.04. The predicted octanol–water partition coefficient (Wildman–Crippen LogP) is 5.72. The van der Waals surface area contributed by atoms with Gasteiger partial charge in [-0.15, -0.1) is 0 Å². The molecular formula is C25H19ClF2N2O3S. The normalized spacial score (nSPS) is 12.1. The van der Waals surface area contributed by atoms with E-state index in [0.29, 0.717) is 34.3 Å². The molecule has 1 heterocycles. The highest BCUT2D eigenvalue weighted by Gasteiger charge is 2.19. The van der Waals surface area contributed by atoms with Gasteiger partial charge in [-0.1, -0.05) is 23.7 Å². The molecule has 34 heavy (non-hydrogen) atoms. The number of hydrogen-bond acceptors (Lipinski definition) is 3. The molecule has 0 spiro atoms. The first-order valence-electron chi connectivity index (χ1n) is 10.3. The molecule has 0 radical (unpaired) electrons. The van der Waals surface area contributed by atoms with Crippen LogP contribution in [0.25, 0.3) is 22.0 Å². The van der Waals surface area contributed by atoms with Gasteiger partial charge in [-0.3, -0.25) is 14.3 Å². The van der Waals surface area contributed by atoms with Crippen LogP contribution in [0.1, 0.15) is 27.9 Å². The second kappa shape index (κ2) is 10.5. The van der Waals surface area contributed by atoms with Gasteiger partial charge in [-0.2, -0.15) is 0 Å². The summed E-state index contributed by atoms with van der Waals surface area (Å²) in [6, 6.07) is 16.3. The van der Waals surface area contributed by atoms with E-state index >= 15 is 0 Å². The van der Waals surface area contributed by atoms with Crippen molar-refractivity contribution in [2.75, 3.05) is 6.54 Å². The lowest BCUT2D eigenvalue weighted by Crippen LogP contribution is -2.18. The Morgan fingerprint density at radius 3 is 2.53 bits per heavy atom. The van der Waals surface area contributed by atoms with Gasteiger partial charge in [-0.05, 0) is 72.5 Å². The number of rotatable bonds is 8. The highest BCUT2D eigenvalue weighted by Crippen LogP contribution is 2.26. The SMILES string of the molecule is O=C(c1ccc2ncc(-c3ccc(Cl)cc3)cc2c1)c1cc(CCCNS(=O)O)cc(F)c1F. The third-order valence-corrected chi connectivity index (χ3v) is 6.02. The zero-order valence-electron chi connectivity index (χ0n) is 17.7. The topological polar surface area (TPSA) is 79.3 Å². The van der Waals surface area contributed by atoms with Crippen molar-refractivity contribution in [3.8, 4) is 11.1 Å². The van der Waals surface area contributed by atoms with Gasteiger partial charge in [0.05, 0.1) is 11.1 Å². The Morgan fingerprint density at radius 1 is 1.03 bits per heavy atom. The van der Waals surface area contributed by atoms with Crippen LogP contribution in [0, 0.1) is 11.6 Å². The maximum absolute atomic E-state index is 14.5. The summed E-state index contributed by atoms with van der Waals surface area (Å²) in [4.78, 5) is 17.5. The first-order valence-corrected chi connectivity index (χ1v) is 11.8. The number of pyridine rings is 1. The number of nitrogens with one attached hydrogen (secondary N) is 1. The van der Waals surface area contributed by atoms with E-state index in [-0.39, 0.29) is 17.7 Å². The fraction of sp³-hybridized carbons (Fsp3) is 0.120. The Balaban J connectivity index is 1.63. The summed E-state index contributed by atoms with van der Waals surface area (Å²) in [7, 11) is 0. The van der Waals surface area contributed by atoms with Crippen LogP contribution in [-0.2, 0) is 17.7 Å². The van der Waals surface area contributed by atoms with Crippen LogP contribution in [0.3, 0.4) is 0 Å². The van der Waals surface area contributed by atoms with E-state index in [4.69, 9.17) is 16.2 Å². The summed E-state index contributed by atoms with van der Waals surface area (Å²) in [6.45, 7) is 0.207. The smallest absolute Gasteiger partial charge is 0.231 e. The van der Waals surface area contributed by atoms with Crippen molar-refractivity contribution in [2.45, 2.75) is 12.8 Å². The summed E-state index contributed by atoms with van der Waals surface area (Å²) >= 11 is 3.81. The molecule has 1 atom stereocenters. The molecule has 0 aliphatic rings. The molecule has 0 aliphatic carbocycles. The Morgan fingerprint density at radius 2 is 1.79 bits per heavy atom. The minimum atomic E-state index is -2.14. The minimum absolute atomic E-state index is 0.204. The van der Waals surface area contributed by atoms with Crippen LogP contribution in [-0.4, -0.2) is 26.1 Å². The van der Waals surface area contributed by atoms with Gasteiger partial charge in [0.15, 0.2) is 17.4 Å². The van der Waals surface area contributed by atoms with Gasteiger partial charge in [-0.25, -0.2) is 17.7 Å². The van der Waals surface area contributed by atoms with E-state index in [9.17, 15) is 17.8 Å². The van der Waals surface area contributed by atoms with Gasteiger partial charge in [0.25, 0.3) is 0 Å². The molecule has 3 aromatic carbocycles. The molecular weight excluding hydrogens is 482 g/mol. The molecule has 0 aliphatic heterocycles. The number of aromatic nitrogens is 1. The van der Waals surface area contributed by atoms with Crippen LogP contribution in [0.4, 0.5) is 8.78 Å². The summed E-state index contributed by atoms with van der Waals surface area (Å²) in [5.74, 6) is -2.98. The van der Waals surface area contributed by atoms with Crippen molar-refractivity contribution in [3.63, 3.8) is 0 Å². The predicted molar refractivity (Wildman–Crippen MR) is 129 cm³/mol. The number of aryl methyl sites for hydroxylation is 1. The molecule has 0 fully saturated rings. The highest BCUT2D eigenvalue weighted by atomic mass is 35.5. The molecule has 0 amide bonds. The van der Waals surface area contributed by atoms with Crippen molar-refractivity contribution < 1.29 is 22.3 Å². The first kappa shape index (κ1) is 24.1. The van der Waals surface area contributed by atoms with E-state index in [1.165, 1.54) is 12.1 Å². The summed E-state index contributed by atoms with van der Waals surface area (Å²) in [5.41, 5.74) is 2.63. The van der Waals surface area contributed by atoms with Crippen LogP contribution in [0.2, 0.25) is 5.02 Å². The van der Waals surface area contributed by atoms with Crippen LogP contribution < -0.4 is 4.72 Å². The Kier molecular flexibility index (Phi) is 7.43. The lowest BCUT2D eigenvalue weighted by atomic mass is 9.97. The van der Waals surface area contributed by atoms with Crippen molar-refractivity contribution >= 4 is 39.6 Å². The summed E-state index contributed by atoms with van der Waals surface area (Å²) < 4.78 is 50.5. The maximum Gasteiger partial charge on any atom is 0.231 e. The number of benzene rings is 3. The van der Waals surface area contributed by atoms with E-state index in [1.54, 1.807) is 30.5 Å². The zero-order valence-corrected chi connectivity index (χ0v) is 19.3. The van der Waals surface area contributed by atoms with Gasteiger partial charge in [0, 0.05) is 34.3 Å². The highest BCUT2D eigenvalue weighted by molar-refractivity contribution is 7.77. The molecule has 4 rings (SSSR count). The number of nitrogens with zero attached hydrogens (tertiary/aromatic N) is 1. The summed E-state index contributed by atoms with van der Waals surface area (Å²) in [5, 5.41) is 1.29. The molecule has 9 heteroatoms. The van der Waals surface area contributed by atoms with Crippen LogP contribution in [0.15, 0.2) is 66.9 Å². The average molecular weight is 501 g/mol. The monoisotopic (exact) mass is 500 g/mol. The van der Waals surface area contributed by atoms with Gasteiger partial charge < -0.3 is 0 Å². The minimum Gasteiger partial charge on any atom is -0.294 e. The molecule has 0 saturated carbocycles. The van der Waals surface area contributed by atoms with Crippen molar-refractivity contribution in [1.82, 2.24) is 9.71 Å². The lowest BCUT2D eigenvalue weighted by Gasteiger charge is -2.09. The van der Waals surface area contributed by atoms with Gasteiger partial charge >= 0.3 is 0 Å². The quantitative estimate of drug-likeness (QED) is 0.184. The second-order valence-electron chi connectivity index (χ2n) is 7.65. The van der Waals surface area contributed by atoms with E-state index in [0.717, 1.165) is 17.2 Å². The van der Waals surface area contributed by atoms with Crippen molar-refractivity contribution in [2.24, 2.45) is 0 Å². The van der Waals surface area contributed by atoms with Gasteiger partial charge in [0.1, 0.15) is 0 Å². The zero-order chi connectivity index (χ0) is 24.2. The fourth-order valence-electron chi connectivity index (χ4n) is 3.64. The van der Waals surface area contributed by atoms with Gasteiger partial charge in [0.2, 0.25) is 11.3 Å². The third kappa shape index (κ3) is 5.53. The van der Waals surface area contributed by atoms with E-state index in [1.807, 2.05) is 18.2 Å². The fourth-order valence-corrected chi connectivity index (χ4v) is 4.08. The number of ketones is 1. The standard InChI is InChI=1S/C25H19ClF2N2O3S/c26-20-6-3-16(4-7-20)19-13-18-12-17(5-8-23(18)29-14-19)25(31)21-10-15(11-22(27)24(21)28)2-1-9-30-34(32)33/h3-8,10-14,30H,1-2,9H2,(H,32,33). The Labute approximate surface area is 202 Å². The molecule has 0 bridgehead atoms. The number of carbonyl (C=O) groups excluding carboxylic acids is 1. The number of carbonyl (C=O) groups is 1. The first-order chi connectivity index (χ1) is 16.3.